The van der Waals surface area contributed by atoms with E-state index in [1.54, 1.807) is 47.6 Å². The molecule has 36 heavy (non-hydrogen) atoms. The first-order valence-corrected chi connectivity index (χ1v) is 11.5. The lowest BCUT2D eigenvalue weighted by Gasteiger charge is -2.22. The summed E-state index contributed by atoms with van der Waals surface area (Å²) in [6.07, 6.45) is 8.27. The third-order valence-electron chi connectivity index (χ3n) is 6.33. The molecule has 2 aromatic carbocycles. The van der Waals surface area contributed by atoms with Crippen molar-refractivity contribution in [3.63, 3.8) is 0 Å². The van der Waals surface area contributed by atoms with Crippen molar-refractivity contribution in [2.24, 2.45) is 0 Å². The van der Waals surface area contributed by atoms with E-state index in [4.69, 9.17) is 9.72 Å². The summed E-state index contributed by atoms with van der Waals surface area (Å²) in [7, 11) is 1.37. The number of nitrogens with zero attached hydrogens (tertiary/aromatic N) is 4. The van der Waals surface area contributed by atoms with E-state index in [9.17, 15) is 14.0 Å². The van der Waals surface area contributed by atoms with Crippen LogP contribution in [0.2, 0.25) is 0 Å². The predicted molar refractivity (Wildman–Crippen MR) is 133 cm³/mol. The van der Waals surface area contributed by atoms with Gasteiger partial charge in [0.05, 0.1) is 36.2 Å². The van der Waals surface area contributed by atoms with Crippen LogP contribution in [0, 0.1) is 5.82 Å². The number of fused-ring (bicyclic) bond motifs is 1. The van der Waals surface area contributed by atoms with Crippen molar-refractivity contribution in [1.82, 2.24) is 19.3 Å². The first-order chi connectivity index (χ1) is 17.5. The summed E-state index contributed by atoms with van der Waals surface area (Å²) < 4.78 is 21.4. The van der Waals surface area contributed by atoms with Crippen molar-refractivity contribution < 1.29 is 18.7 Å². The molecule has 1 aliphatic rings. The number of anilines is 1. The summed E-state index contributed by atoms with van der Waals surface area (Å²) in [4.78, 5) is 36.1. The van der Waals surface area contributed by atoms with Crippen LogP contribution in [-0.2, 0) is 4.79 Å². The van der Waals surface area contributed by atoms with E-state index in [-0.39, 0.29) is 23.4 Å². The van der Waals surface area contributed by atoms with Crippen LogP contribution in [0.25, 0.3) is 16.8 Å². The molecular formula is C27H24FN5O3. The fraction of sp³-hybridized carbons (Fsp3) is 0.185. The molecule has 1 fully saturated rings. The highest BCUT2D eigenvalue weighted by Crippen LogP contribution is 2.35. The number of imidazole rings is 1. The molecule has 3 heterocycles. The van der Waals surface area contributed by atoms with Gasteiger partial charge in [-0.05, 0) is 43.2 Å². The molecule has 8 nitrogen and oxygen atoms in total. The first-order valence-electron chi connectivity index (χ1n) is 11.5. The number of aromatic nitrogens is 3. The predicted octanol–water partition coefficient (Wildman–Crippen LogP) is 4.65. The largest absolute Gasteiger partial charge is 0.494 e. The van der Waals surface area contributed by atoms with Crippen LogP contribution < -0.4 is 10.1 Å². The van der Waals surface area contributed by atoms with Gasteiger partial charge in [-0.3, -0.25) is 19.0 Å². The van der Waals surface area contributed by atoms with Crippen molar-refractivity contribution in [2.75, 3.05) is 19.0 Å². The maximum Gasteiger partial charge on any atom is 0.255 e. The SMILES string of the molecule is C=CC(=O)N1CCCC1c1nc(-c2ccc(C(=O)Nc3cccc(OC)c3F)cc2)c2cnccn12. The minimum Gasteiger partial charge on any atom is -0.494 e. The topological polar surface area (TPSA) is 88.8 Å². The number of methoxy groups -OCH3 is 1. The summed E-state index contributed by atoms with van der Waals surface area (Å²) in [6, 6.07) is 11.3. The number of halogens is 1. The van der Waals surface area contributed by atoms with Gasteiger partial charge in [0.25, 0.3) is 5.91 Å². The fourth-order valence-electron chi connectivity index (χ4n) is 4.56. The van der Waals surface area contributed by atoms with Gasteiger partial charge in [0, 0.05) is 30.1 Å². The average Bonchev–Trinajstić information content (AvgIpc) is 3.54. The molecule has 2 amide bonds. The number of benzene rings is 2. The zero-order valence-electron chi connectivity index (χ0n) is 19.6. The van der Waals surface area contributed by atoms with E-state index in [1.165, 1.54) is 25.3 Å². The van der Waals surface area contributed by atoms with Crippen molar-refractivity contribution in [2.45, 2.75) is 18.9 Å². The van der Waals surface area contributed by atoms with Gasteiger partial charge in [-0.2, -0.15) is 0 Å². The van der Waals surface area contributed by atoms with Crippen LogP contribution in [0.3, 0.4) is 0 Å². The monoisotopic (exact) mass is 485 g/mol. The molecular weight excluding hydrogens is 461 g/mol. The second-order valence-corrected chi connectivity index (χ2v) is 8.40. The Balaban J connectivity index is 1.45. The van der Waals surface area contributed by atoms with Gasteiger partial charge in [-0.15, -0.1) is 0 Å². The van der Waals surface area contributed by atoms with E-state index >= 15 is 0 Å². The Kier molecular flexibility index (Phi) is 6.20. The summed E-state index contributed by atoms with van der Waals surface area (Å²) in [6.45, 7) is 4.28. The third-order valence-corrected chi connectivity index (χ3v) is 6.33. The molecule has 182 valence electrons. The Morgan fingerprint density at radius 2 is 2.03 bits per heavy atom. The van der Waals surface area contributed by atoms with Crippen LogP contribution in [0.1, 0.15) is 35.1 Å². The summed E-state index contributed by atoms with van der Waals surface area (Å²) in [5.41, 5.74) is 2.68. The molecule has 0 spiro atoms. The maximum absolute atomic E-state index is 14.4. The Hall–Kier alpha value is -4.53. The van der Waals surface area contributed by atoms with E-state index in [2.05, 4.69) is 16.9 Å². The van der Waals surface area contributed by atoms with Gasteiger partial charge in [0.1, 0.15) is 5.82 Å². The number of carbonyl (C=O) groups excluding carboxylic acids is 2. The number of rotatable bonds is 6. The van der Waals surface area contributed by atoms with Crippen molar-refractivity contribution in [3.8, 4) is 17.0 Å². The second-order valence-electron chi connectivity index (χ2n) is 8.40. The quantitative estimate of drug-likeness (QED) is 0.402. The van der Waals surface area contributed by atoms with E-state index in [0.717, 1.165) is 29.7 Å². The number of hydrogen-bond acceptors (Lipinski definition) is 5. The molecule has 1 aliphatic heterocycles. The molecule has 0 bridgehead atoms. The van der Waals surface area contributed by atoms with Crippen LogP contribution in [0.4, 0.5) is 10.1 Å². The second kappa shape index (κ2) is 9.61. The van der Waals surface area contributed by atoms with Gasteiger partial charge in [-0.1, -0.05) is 24.8 Å². The molecule has 1 unspecified atom stereocenters. The highest BCUT2D eigenvalue weighted by Gasteiger charge is 2.32. The minimum absolute atomic E-state index is 0.0365. The van der Waals surface area contributed by atoms with Gasteiger partial charge in [0.15, 0.2) is 11.6 Å². The highest BCUT2D eigenvalue weighted by atomic mass is 19.1. The Morgan fingerprint density at radius 1 is 1.22 bits per heavy atom. The number of carbonyl (C=O) groups is 2. The van der Waals surface area contributed by atoms with Gasteiger partial charge >= 0.3 is 0 Å². The Labute approximate surface area is 207 Å². The summed E-state index contributed by atoms with van der Waals surface area (Å²) >= 11 is 0. The zero-order valence-corrected chi connectivity index (χ0v) is 19.6. The minimum atomic E-state index is -0.634. The molecule has 4 aromatic rings. The zero-order chi connectivity index (χ0) is 25.2. The third kappa shape index (κ3) is 4.08. The number of nitrogens with one attached hydrogen (secondary N) is 1. The number of hydrogen-bond donors (Lipinski definition) is 1. The molecule has 1 saturated heterocycles. The first kappa shape index (κ1) is 23.2. The van der Waals surface area contributed by atoms with Crippen LogP contribution in [0.5, 0.6) is 5.75 Å². The molecule has 5 rings (SSSR count). The molecule has 1 N–H and O–H groups in total. The summed E-state index contributed by atoms with van der Waals surface area (Å²) in [5.74, 6) is -0.395. The lowest BCUT2D eigenvalue weighted by atomic mass is 10.1. The fourth-order valence-corrected chi connectivity index (χ4v) is 4.56. The molecule has 9 heteroatoms. The number of amides is 2. The Bertz CT molecular complexity index is 1460. The van der Waals surface area contributed by atoms with E-state index in [1.807, 2.05) is 10.6 Å². The molecule has 0 aliphatic carbocycles. The number of likely N-dealkylation sites (tertiary alicyclic amines) is 1. The number of ether oxygens (including phenoxy) is 1. The van der Waals surface area contributed by atoms with Gasteiger partial charge in [-0.25, -0.2) is 9.37 Å². The average molecular weight is 486 g/mol. The highest BCUT2D eigenvalue weighted by molar-refractivity contribution is 6.04. The maximum atomic E-state index is 14.4. The van der Waals surface area contributed by atoms with Crippen LogP contribution >= 0.6 is 0 Å². The van der Waals surface area contributed by atoms with Crippen molar-refractivity contribution >= 4 is 23.0 Å². The summed E-state index contributed by atoms with van der Waals surface area (Å²) in [5, 5.41) is 2.58. The van der Waals surface area contributed by atoms with Crippen LogP contribution in [0.15, 0.2) is 73.7 Å². The molecule has 2 aromatic heterocycles. The normalized spacial score (nSPS) is 15.2. The van der Waals surface area contributed by atoms with Crippen LogP contribution in [-0.4, -0.2) is 44.7 Å². The standard InChI is InChI=1S/C27H24FN5O3/c1-3-23(34)32-14-5-7-20(32)26-31-25(21-16-29-13-15-33(21)26)17-9-11-18(12-10-17)27(35)30-19-6-4-8-22(36-2)24(19)28/h3-4,6,8-13,15-16,20H,1,5,7,14H2,2H3,(H,30,35). The van der Waals surface area contributed by atoms with E-state index in [0.29, 0.717) is 17.8 Å². The lowest BCUT2D eigenvalue weighted by molar-refractivity contribution is -0.127. The van der Waals surface area contributed by atoms with E-state index < -0.39 is 11.7 Å². The Morgan fingerprint density at radius 3 is 2.78 bits per heavy atom. The van der Waals surface area contributed by atoms with Gasteiger partial charge < -0.3 is 15.0 Å². The molecule has 0 radical (unpaired) electrons. The lowest BCUT2D eigenvalue weighted by Crippen LogP contribution is -2.29. The van der Waals surface area contributed by atoms with Crippen molar-refractivity contribution in [3.05, 3.63) is 90.9 Å². The molecule has 1 atom stereocenters. The smallest absolute Gasteiger partial charge is 0.255 e. The molecule has 0 saturated carbocycles. The van der Waals surface area contributed by atoms with Crippen molar-refractivity contribution in [1.29, 1.82) is 0 Å². The van der Waals surface area contributed by atoms with Gasteiger partial charge in [0.2, 0.25) is 5.91 Å².